The lowest BCUT2D eigenvalue weighted by molar-refractivity contribution is 0.0430. The molecule has 25 heavy (non-hydrogen) atoms. The van der Waals surface area contributed by atoms with E-state index in [1.54, 1.807) is 6.92 Å². The third-order valence-corrected chi connectivity index (χ3v) is 3.36. The van der Waals surface area contributed by atoms with Gasteiger partial charge in [-0.25, -0.2) is 9.59 Å². The van der Waals surface area contributed by atoms with Gasteiger partial charge in [-0.05, 0) is 31.2 Å². The minimum atomic E-state index is -0.629. The van der Waals surface area contributed by atoms with E-state index in [2.05, 4.69) is 14.9 Å². The Bertz CT molecular complexity index is 898. The first-order chi connectivity index (χ1) is 12.1. The number of para-hydroxylation sites is 1. The largest absolute Gasteiger partial charge is 0.463 e. The van der Waals surface area contributed by atoms with Crippen molar-refractivity contribution in [2.24, 2.45) is 0 Å². The SMILES string of the molecule is COC(=O)c1ccc(COC(=O)c2nn(-c3ccccc3)nc2C)o1. The molecule has 0 fully saturated rings. The second-order valence-electron chi connectivity index (χ2n) is 5.09. The zero-order valence-electron chi connectivity index (χ0n) is 13.6. The molecule has 128 valence electrons. The number of hydrogen-bond acceptors (Lipinski definition) is 7. The molecule has 0 spiro atoms. The lowest BCUT2D eigenvalue weighted by Crippen LogP contribution is -2.08. The smallest absolute Gasteiger partial charge is 0.373 e. The lowest BCUT2D eigenvalue weighted by atomic mass is 10.3. The van der Waals surface area contributed by atoms with E-state index in [-0.39, 0.29) is 18.1 Å². The molecule has 0 aliphatic rings. The molecule has 8 nitrogen and oxygen atoms in total. The first-order valence-corrected chi connectivity index (χ1v) is 7.42. The highest BCUT2D eigenvalue weighted by molar-refractivity contribution is 5.88. The Hall–Kier alpha value is -3.42. The normalized spacial score (nSPS) is 10.5. The van der Waals surface area contributed by atoms with Gasteiger partial charge in [0.2, 0.25) is 5.76 Å². The number of aryl methyl sites for hydroxylation is 1. The predicted octanol–water partition coefficient (Wildman–Crippen LogP) is 2.31. The molecule has 3 aromatic rings. The molecule has 0 saturated heterocycles. The van der Waals surface area contributed by atoms with Crippen LogP contribution in [-0.4, -0.2) is 34.0 Å². The van der Waals surface area contributed by atoms with E-state index in [1.165, 1.54) is 24.0 Å². The van der Waals surface area contributed by atoms with Crippen molar-refractivity contribution in [2.45, 2.75) is 13.5 Å². The summed E-state index contributed by atoms with van der Waals surface area (Å²) in [6.07, 6.45) is 0. The molecule has 0 aliphatic heterocycles. The third-order valence-electron chi connectivity index (χ3n) is 3.36. The standard InChI is InChI=1S/C17H15N3O5/c1-11-15(19-20(18-11)12-6-4-3-5-7-12)17(22)24-10-13-8-9-14(25-13)16(21)23-2/h3-9H,10H2,1-2H3. The van der Waals surface area contributed by atoms with Crippen molar-refractivity contribution in [1.82, 2.24) is 15.0 Å². The Morgan fingerprint density at radius 1 is 1.08 bits per heavy atom. The molecule has 0 N–H and O–H groups in total. The van der Waals surface area contributed by atoms with Gasteiger partial charge in [-0.15, -0.1) is 5.10 Å². The summed E-state index contributed by atoms with van der Waals surface area (Å²) in [7, 11) is 1.25. The summed E-state index contributed by atoms with van der Waals surface area (Å²) in [6.45, 7) is 1.54. The van der Waals surface area contributed by atoms with Crippen molar-refractivity contribution in [3.8, 4) is 5.69 Å². The van der Waals surface area contributed by atoms with E-state index in [0.29, 0.717) is 11.5 Å². The molecule has 0 unspecified atom stereocenters. The van der Waals surface area contributed by atoms with Crippen molar-refractivity contribution in [3.05, 3.63) is 65.4 Å². The van der Waals surface area contributed by atoms with Crippen LogP contribution in [0.4, 0.5) is 0 Å². The summed E-state index contributed by atoms with van der Waals surface area (Å²) in [5.74, 6) is -0.864. The second kappa shape index (κ2) is 7.00. The quantitative estimate of drug-likeness (QED) is 0.657. The number of carbonyl (C=O) groups is 2. The molecule has 0 radical (unpaired) electrons. The summed E-state index contributed by atoms with van der Waals surface area (Å²) < 4.78 is 14.9. The van der Waals surface area contributed by atoms with E-state index in [4.69, 9.17) is 9.15 Å². The van der Waals surface area contributed by atoms with E-state index in [0.717, 1.165) is 5.69 Å². The number of furan rings is 1. The van der Waals surface area contributed by atoms with Crippen LogP contribution >= 0.6 is 0 Å². The predicted molar refractivity (Wildman–Crippen MR) is 85.3 cm³/mol. The molecule has 0 bridgehead atoms. The van der Waals surface area contributed by atoms with Crippen molar-refractivity contribution in [1.29, 1.82) is 0 Å². The molecule has 0 atom stereocenters. The number of methoxy groups -OCH3 is 1. The molecule has 3 rings (SSSR count). The Morgan fingerprint density at radius 2 is 1.84 bits per heavy atom. The van der Waals surface area contributed by atoms with Crippen LogP contribution in [0.2, 0.25) is 0 Å². The Kier molecular flexibility index (Phi) is 4.60. The molecule has 2 heterocycles. The minimum absolute atomic E-state index is 0.0414. The van der Waals surface area contributed by atoms with Gasteiger partial charge in [0.25, 0.3) is 0 Å². The van der Waals surface area contributed by atoms with E-state index in [9.17, 15) is 9.59 Å². The first kappa shape index (κ1) is 16.4. The highest BCUT2D eigenvalue weighted by Gasteiger charge is 2.19. The highest BCUT2D eigenvalue weighted by atomic mass is 16.6. The molecule has 1 aromatic carbocycles. The summed E-state index contributed by atoms with van der Waals surface area (Å²) in [5, 5.41) is 8.38. The maximum atomic E-state index is 12.2. The fourth-order valence-electron chi connectivity index (χ4n) is 2.12. The monoisotopic (exact) mass is 341 g/mol. The molecule has 2 aromatic heterocycles. The van der Waals surface area contributed by atoms with Crippen molar-refractivity contribution >= 4 is 11.9 Å². The zero-order valence-corrected chi connectivity index (χ0v) is 13.6. The van der Waals surface area contributed by atoms with Crippen LogP contribution < -0.4 is 0 Å². The average Bonchev–Trinajstić information content (AvgIpc) is 3.26. The first-order valence-electron chi connectivity index (χ1n) is 7.42. The van der Waals surface area contributed by atoms with Gasteiger partial charge >= 0.3 is 11.9 Å². The number of hydrogen-bond donors (Lipinski definition) is 0. The number of rotatable bonds is 5. The van der Waals surface area contributed by atoms with E-state index in [1.807, 2.05) is 30.3 Å². The molecular weight excluding hydrogens is 326 g/mol. The average molecular weight is 341 g/mol. The van der Waals surface area contributed by atoms with Crippen molar-refractivity contribution in [3.63, 3.8) is 0 Å². The third kappa shape index (κ3) is 3.57. The van der Waals surface area contributed by atoms with Crippen LogP contribution in [0, 0.1) is 6.92 Å². The van der Waals surface area contributed by atoms with Crippen LogP contribution in [-0.2, 0) is 16.1 Å². The van der Waals surface area contributed by atoms with Crippen molar-refractivity contribution < 1.29 is 23.5 Å². The fraction of sp³-hybridized carbons (Fsp3) is 0.176. The van der Waals surface area contributed by atoms with Gasteiger partial charge in [0.1, 0.15) is 12.4 Å². The van der Waals surface area contributed by atoms with Gasteiger partial charge in [0, 0.05) is 0 Å². The van der Waals surface area contributed by atoms with Gasteiger partial charge in [0.05, 0.1) is 18.5 Å². The molecule has 0 aliphatic carbocycles. The Labute approximate surface area is 143 Å². The number of ether oxygens (including phenoxy) is 2. The maximum Gasteiger partial charge on any atom is 0.373 e. The highest BCUT2D eigenvalue weighted by Crippen LogP contribution is 2.13. The summed E-state index contributed by atoms with van der Waals surface area (Å²) in [6, 6.07) is 12.2. The van der Waals surface area contributed by atoms with Gasteiger partial charge in [0.15, 0.2) is 5.69 Å². The molecule has 0 amide bonds. The number of esters is 2. The van der Waals surface area contributed by atoms with E-state index >= 15 is 0 Å². The lowest BCUT2D eigenvalue weighted by Gasteiger charge is -2.00. The number of aromatic nitrogens is 3. The van der Waals surface area contributed by atoms with Crippen molar-refractivity contribution in [2.75, 3.05) is 7.11 Å². The molecular formula is C17H15N3O5. The van der Waals surface area contributed by atoms with Crippen LogP contribution in [0.5, 0.6) is 0 Å². The zero-order chi connectivity index (χ0) is 17.8. The topological polar surface area (TPSA) is 96.5 Å². The summed E-state index contributed by atoms with van der Waals surface area (Å²) >= 11 is 0. The summed E-state index contributed by atoms with van der Waals surface area (Å²) in [5.41, 5.74) is 1.30. The van der Waals surface area contributed by atoms with E-state index < -0.39 is 11.9 Å². The van der Waals surface area contributed by atoms with Gasteiger partial charge in [-0.2, -0.15) is 9.90 Å². The number of nitrogens with zero attached hydrogens (tertiary/aromatic N) is 3. The molecule has 0 saturated carbocycles. The molecule has 8 heteroatoms. The fourth-order valence-corrected chi connectivity index (χ4v) is 2.12. The van der Waals surface area contributed by atoms with Crippen LogP contribution in [0.25, 0.3) is 5.69 Å². The number of benzene rings is 1. The van der Waals surface area contributed by atoms with Gasteiger partial charge < -0.3 is 13.9 Å². The van der Waals surface area contributed by atoms with Crippen LogP contribution in [0.15, 0.2) is 46.9 Å². The van der Waals surface area contributed by atoms with Crippen LogP contribution in [0.3, 0.4) is 0 Å². The second-order valence-corrected chi connectivity index (χ2v) is 5.09. The Morgan fingerprint density at radius 3 is 2.56 bits per heavy atom. The summed E-state index contributed by atoms with van der Waals surface area (Å²) in [4.78, 5) is 24.9. The van der Waals surface area contributed by atoms with Crippen LogP contribution in [0.1, 0.15) is 32.5 Å². The van der Waals surface area contributed by atoms with Gasteiger partial charge in [-0.3, -0.25) is 0 Å². The van der Waals surface area contributed by atoms with Gasteiger partial charge in [-0.1, -0.05) is 18.2 Å². The Balaban J connectivity index is 1.68. The number of carbonyl (C=O) groups excluding carboxylic acids is 2. The minimum Gasteiger partial charge on any atom is -0.463 e. The maximum absolute atomic E-state index is 12.2.